The molecule has 31 heavy (non-hydrogen) atoms. The number of carbonyl (C=O) groups excluding carboxylic acids is 3. The van der Waals surface area contributed by atoms with Gasteiger partial charge in [-0.15, -0.1) is 0 Å². The van der Waals surface area contributed by atoms with Crippen molar-refractivity contribution in [3.63, 3.8) is 0 Å². The monoisotopic (exact) mass is 425 g/mol. The fourth-order valence-electron chi connectivity index (χ4n) is 5.34. The van der Waals surface area contributed by atoms with Gasteiger partial charge in [-0.3, -0.25) is 4.79 Å². The van der Waals surface area contributed by atoms with E-state index in [-0.39, 0.29) is 17.8 Å². The van der Waals surface area contributed by atoms with Crippen molar-refractivity contribution in [1.82, 2.24) is 4.90 Å². The summed E-state index contributed by atoms with van der Waals surface area (Å²) in [6.45, 7) is 2.24. The Morgan fingerprint density at radius 1 is 1.26 bits per heavy atom. The van der Waals surface area contributed by atoms with Gasteiger partial charge in [-0.2, -0.15) is 5.26 Å². The Bertz CT molecular complexity index is 1060. The third-order valence-electron chi connectivity index (χ3n) is 6.45. The van der Waals surface area contributed by atoms with Crippen LogP contribution in [0.15, 0.2) is 35.5 Å². The van der Waals surface area contributed by atoms with E-state index in [1.54, 1.807) is 29.2 Å². The van der Waals surface area contributed by atoms with Crippen LogP contribution in [0.1, 0.15) is 35.7 Å². The van der Waals surface area contributed by atoms with Gasteiger partial charge in [0, 0.05) is 17.7 Å². The summed E-state index contributed by atoms with van der Waals surface area (Å²) in [6.07, 6.45) is 0.231. The average Bonchev–Trinajstić information content (AvgIpc) is 3.27. The number of nitrogens with two attached hydrogens (primary N) is 1. The summed E-state index contributed by atoms with van der Waals surface area (Å²) in [7, 11) is 2.34. The summed E-state index contributed by atoms with van der Waals surface area (Å²) >= 11 is 0. The van der Waals surface area contributed by atoms with Crippen LogP contribution in [-0.4, -0.2) is 49.6 Å². The quantitative estimate of drug-likeness (QED) is 0.691. The highest BCUT2D eigenvalue weighted by molar-refractivity contribution is 6.17. The summed E-state index contributed by atoms with van der Waals surface area (Å²) in [5.74, 6) is -3.44. The van der Waals surface area contributed by atoms with Crippen LogP contribution in [0.25, 0.3) is 0 Å². The maximum atomic E-state index is 14.0. The number of fused-ring (bicyclic) bond motifs is 1. The van der Waals surface area contributed by atoms with E-state index in [1.165, 1.54) is 7.11 Å². The maximum Gasteiger partial charge on any atom is 0.355 e. The first kappa shape index (κ1) is 21.0. The molecule has 1 fully saturated rings. The lowest BCUT2D eigenvalue weighted by Gasteiger charge is -2.41. The summed E-state index contributed by atoms with van der Waals surface area (Å²) in [6, 6.07) is 8.84. The van der Waals surface area contributed by atoms with Crippen LogP contribution in [0.4, 0.5) is 0 Å². The van der Waals surface area contributed by atoms with E-state index >= 15 is 0 Å². The molecule has 162 valence electrons. The lowest BCUT2D eigenvalue weighted by atomic mass is 9.65. The molecular formula is C22H23N3O6. The molecule has 1 saturated heterocycles. The Hall–Kier alpha value is -3.22. The second kappa shape index (κ2) is 7.18. The zero-order valence-electron chi connectivity index (χ0n) is 17.5. The van der Waals surface area contributed by atoms with Gasteiger partial charge in [0.1, 0.15) is 23.3 Å². The third-order valence-corrected chi connectivity index (χ3v) is 6.45. The number of esters is 2. The molecule has 0 radical (unpaired) electrons. The van der Waals surface area contributed by atoms with Crippen LogP contribution in [0.5, 0.6) is 0 Å². The molecule has 4 rings (SSSR count). The van der Waals surface area contributed by atoms with E-state index in [4.69, 9.17) is 19.9 Å². The van der Waals surface area contributed by atoms with Crippen molar-refractivity contribution in [2.75, 3.05) is 20.8 Å². The molecule has 1 aromatic carbocycles. The van der Waals surface area contributed by atoms with Crippen LogP contribution in [0.2, 0.25) is 0 Å². The number of benzene rings is 1. The van der Waals surface area contributed by atoms with E-state index < -0.39 is 41.0 Å². The molecule has 2 unspecified atom stereocenters. The van der Waals surface area contributed by atoms with Crippen molar-refractivity contribution in [2.45, 2.75) is 31.7 Å². The van der Waals surface area contributed by atoms with Crippen molar-refractivity contribution >= 4 is 17.7 Å². The van der Waals surface area contributed by atoms with E-state index in [0.29, 0.717) is 17.5 Å². The number of unbranched alkanes of at least 4 members (excludes halogenated alkanes) is 1. The standard InChI is InChI=1S/C22H23N3O6/c1-4-5-10-25-16(20(28)30-3)15(19(27)29-2)21-14(11-23)18(24)31-22(21,25)13-9-7-6-8-12(13)17(21)26/h6-9,14,18H,4-5,10,24H2,1-3H3/t14?,18?,21-,22-/m1/s1. The predicted molar refractivity (Wildman–Crippen MR) is 106 cm³/mol. The molecule has 3 aliphatic rings. The van der Waals surface area contributed by atoms with Crippen LogP contribution in [-0.2, 0) is 29.5 Å². The topological polar surface area (TPSA) is 132 Å². The molecule has 1 aliphatic carbocycles. The second-order valence-electron chi connectivity index (χ2n) is 7.73. The van der Waals surface area contributed by atoms with Crippen molar-refractivity contribution in [3.8, 4) is 6.07 Å². The van der Waals surface area contributed by atoms with Gasteiger partial charge >= 0.3 is 11.9 Å². The van der Waals surface area contributed by atoms with Gasteiger partial charge < -0.3 is 24.8 Å². The van der Waals surface area contributed by atoms with Crippen molar-refractivity contribution in [3.05, 3.63) is 46.7 Å². The Morgan fingerprint density at radius 2 is 1.94 bits per heavy atom. The molecular weight excluding hydrogens is 402 g/mol. The zero-order valence-corrected chi connectivity index (χ0v) is 17.5. The Labute approximate surface area is 179 Å². The van der Waals surface area contributed by atoms with E-state index in [1.807, 2.05) is 6.92 Å². The highest BCUT2D eigenvalue weighted by Crippen LogP contribution is 2.71. The maximum absolute atomic E-state index is 14.0. The number of ether oxygens (including phenoxy) is 3. The van der Waals surface area contributed by atoms with Crippen LogP contribution < -0.4 is 5.73 Å². The molecule has 0 saturated carbocycles. The Kier molecular flexibility index (Phi) is 4.87. The van der Waals surface area contributed by atoms with Crippen molar-refractivity contribution in [2.24, 2.45) is 17.1 Å². The molecule has 2 aliphatic heterocycles. The van der Waals surface area contributed by atoms with Gasteiger partial charge in [-0.25, -0.2) is 9.59 Å². The van der Waals surface area contributed by atoms with Gasteiger partial charge in [0.05, 0.1) is 25.9 Å². The van der Waals surface area contributed by atoms with E-state index in [2.05, 4.69) is 6.07 Å². The molecule has 0 spiro atoms. The number of ketones is 1. The summed E-state index contributed by atoms with van der Waals surface area (Å²) in [4.78, 5) is 41.7. The minimum atomic E-state index is -1.85. The van der Waals surface area contributed by atoms with Gasteiger partial charge in [0.2, 0.25) is 0 Å². The number of hydrogen-bond donors (Lipinski definition) is 1. The van der Waals surface area contributed by atoms with E-state index in [9.17, 15) is 19.6 Å². The largest absolute Gasteiger partial charge is 0.466 e. The lowest BCUT2D eigenvalue weighted by molar-refractivity contribution is -0.163. The van der Waals surface area contributed by atoms with Crippen LogP contribution in [0.3, 0.4) is 0 Å². The van der Waals surface area contributed by atoms with Crippen molar-refractivity contribution in [1.29, 1.82) is 5.26 Å². The summed E-state index contributed by atoms with van der Waals surface area (Å²) in [5.41, 5.74) is 3.16. The normalized spacial score (nSPS) is 30.5. The van der Waals surface area contributed by atoms with Gasteiger partial charge in [-0.1, -0.05) is 37.6 Å². The Morgan fingerprint density at radius 3 is 2.55 bits per heavy atom. The number of rotatable bonds is 5. The minimum Gasteiger partial charge on any atom is -0.466 e. The number of Topliss-reactive ketones (excluding diaryl/α,β-unsaturated/α-hetero) is 1. The average molecular weight is 425 g/mol. The first-order valence-corrected chi connectivity index (χ1v) is 10.0. The SMILES string of the molecule is CCCCN1C(C(=O)OC)=C(C(=O)OC)[C@]23C(=O)c4ccccc4[C@]12OC(N)C3C#N. The molecule has 1 aromatic rings. The molecule has 4 atom stereocenters. The Balaban J connectivity index is 2.17. The zero-order chi connectivity index (χ0) is 22.6. The van der Waals surface area contributed by atoms with Gasteiger partial charge in [0.15, 0.2) is 11.5 Å². The first-order valence-electron chi connectivity index (χ1n) is 10.0. The molecule has 2 heterocycles. The lowest BCUT2D eigenvalue weighted by Crippen LogP contribution is -2.52. The summed E-state index contributed by atoms with van der Waals surface area (Å²) < 4.78 is 16.2. The highest BCUT2D eigenvalue weighted by Gasteiger charge is 2.83. The number of hydrogen-bond acceptors (Lipinski definition) is 9. The first-order chi connectivity index (χ1) is 14.9. The van der Waals surface area contributed by atoms with Gasteiger partial charge in [-0.05, 0) is 6.42 Å². The molecule has 9 nitrogen and oxygen atoms in total. The summed E-state index contributed by atoms with van der Waals surface area (Å²) in [5, 5.41) is 10.1. The number of carbonyl (C=O) groups is 3. The highest BCUT2D eigenvalue weighted by atomic mass is 16.6. The fraction of sp³-hybridized carbons (Fsp3) is 0.455. The second-order valence-corrected chi connectivity index (χ2v) is 7.73. The van der Waals surface area contributed by atoms with E-state index in [0.717, 1.165) is 13.5 Å². The minimum absolute atomic E-state index is 0.127. The molecule has 0 amide bonds. The van der Waals surface area contributed by atoms with Crippen LogP contribution in [0, 0.1) is 22.7 Å². The number of nitrogens with zero attached hydrogens (tertiary/aromatic N) is 2. The molecule has 0 bridgehead atoms. The van der Waals surface area contributed by atoms with Crippen molar-refractivity contribution < 1.29 is 28.6 Å². The smallest absolute Gasteiger partial charge is 0.355 e. The molecule has 9 heteroatoms. The molecule has 0 aromatic heterocycles. The number of methoxy groups -OCH3 is 2. The fourth-order valence-corrected chi connectivity index (χ4v) is 5.34. The third kappa shape index (κ3) is 2.23. The predicted octanol–water partition coefficient (Wildman–Crippen LogP) is 1.19. The molecule has 2 N–H and O–H groups in total. The van der Waals surface area contributed by atoms with Gasteiger partial charge in [0.25, 0.3) is 0 Å². The van der Waals surface area contributed by atoms with Crippen LogP contribution >= 0.6 is 0 Å². The number of nitriles is 1.